The molecule has 5 heteroatoms. The Kier molecular flexibility index (Phi) is 3.14. The topological polar surface area (TPSA) is 30.0 Å². The van der Waals surface area contributed by atoms with E-state index in [0.29, 0.717) is 17.7 Å². The zero-order valence-corrected chi connectivity index (χ0v) is 9.38. The Labute approximate surface area is 101 Å². The second-order valence-electron chi connectivity index (χ2n) is 3.82. The Morgan fingerprint density at radius 3 is 2.22 bits per heavy atom. The molecule has 0 saturated heterocycles. The van der Waals surface area contributed by atoms with E-state index in [1.54, 1.807) is 6.92 Å². The standard InChI is InChI=1S/C13H8F3NO/c1-7-2-8(6-17-5-7)13(18)12-10(15)3-9(14)4-11(12)16/h2-6H,1H3. The number of carbonyl (C=O) groups excluding carboxylic acids is 1. The third-order valence-corrected chi connectivity index (χ3v) is 2.37. The molecule has 0 aliphatic heterocycles. The van der Waals surface area contributed by atoms with Crippen LogP contribution in [0.4, 0.5) is 13.2 Å². The first-order chi connectivity index (χ1) is 8.49. The van der Waals surface area contributed by atoms with Crippen molar-refractivity contribution in [1.82, 2.24) is 4.98 Å². The molecule has 0 unspecified atom stereocenters. The molecule has 0 amide bonds. The van der Waals surface area contributed by atoms with E-state index in [2.05, 4.69) is 4.98 Å². The van der Waals surface area contributed by atoms with Gasteiger partial charge in [0, 0.05) is 30.1 Å². The van der Waals surface area contributed by atoms with Crippen molar-refractivity contribution in [3.63, 3.8) is 0 Å². The maximum Gasteiger partial charge on any atom is 0.200 e. The van der Waals surface area contributed by atoms with E-state index in [0.717, 1.165) is 0 Å². The van der Waals surface area contributed by atoms with Gasteiger partial charge in [-0.05, 0) is 18.6 Å². The van der Waals surface area contributed by atoms with Gasteiger partial charge in [-0.15, -0.1) is 0 Å². The molecule has 0 fully saturated rings. The average molecular weight is 251 g/mol. The van der Waals surface area contributed by atoms with Crippen LogP contribution in [0.2, 0.25) is 0 Å². The Morgan fingerprint density at radius 1 is 1.06 bits per heavy atom. The van der Waals surface area contributed by atoms with E-state index >= 15 is 0 Å². The van der Waals surface area contributed by atoms with E-state index in [4.69, 9.17) is 0 Å². The molecular formula is C13H8F3NO. The number of hydrogen-bond acceptors (Lipinski definition) is 2. The minimum Gasteiger partial charge on any atom is -0.288 e. The van der Waals surface area contributed by atoms with Crippen LogP contribution in [0, 0.1) is 24.4 Å². The Balaban J connectivity index is 2.53. The summed E-state index contributed by atoms with van der Waals surface area (Å²) < 4.78 is 39.6. The second kappa shape index (κ2) is 4.60. The minimum atomic E-state index is -1.22. The van der Waals surface area contributed by atoms with Crippen LogP contribution < -0.4 is 0 Å². The highest BCUT2D eigenvalue weighted by Gasteiger charge is 2.20. The molecule has 0 aliphatic carbocycles. The van der Waals surface area contributed by atoms with Crippen LogP contribution >= 0.6 is 0 Å². The number of aryl methyl sites for hydroxylation is 1. The largest absolute Gasteiger partial charge is 0.288 e. The summed E-state index contributed by atoms with van der Waals surface area (Å²) in [5, 5.41) is 0. The summed E-state index contributed by atoms with van der Waals surface area (Å²) in [4.78, 5) is 15.7. The summed E-state index contributed by atoms with van der Waals surface area (Å²) >= 11 is 0. The summed E-state index contributed by atoms with van der Waals surface area (Å²) in [5.74, 6) is -4.37. The highest BCUT2D eigenvalue weighted by Crippen LogP contribution is 2.18. The van der Waals surface area contributed by atoms with Crippen molar-refractivity contribution in [3.05, 3.63) is 64.7 Å². The van der Waals surface area contributed by atoms with Crippen LogP contribution in [0.25, 0.3) is 0 Å². The average Bonchev–Trinajstić information content (AvgIpc) is 2.27. The number of benzene rings is 1. The Morgan fingerprint density at radius 2 is 1.67 bits per heavy atom. The molecule has 1 aromatic carbocycles. The second-order valence-corrected chi connectivity index (χ2v) is 3.82. The zero-order valence-electron chi connectivity index (χ0n) is 9.38. The molecule has 18 heavy (non-hydrogen) atoms. The molecule has 2 rings (SSSR count). The van der Waals surface area contributed by atoms with E-state index in [1.807, 2.05) is 0 Å². The van der Waals surface area contributed by atoms with Crippen LogP contribution in [0.3, 0.4) is 0 Å². The maximum absolute atomic E-state index is 13.4. The van der Waals surface area contributed by atoms with Crippen LogP contribution in [0.15, 0.2) is 30.6 Å². The summed E-state index contributed by atoms with van der Waals surface area (Å²) in [7, 11) is 0. The van der Waals surface area contributed by atoms with Gasteiger partial charge in [0.1, 0.15) is 17.5 Å². The first kappa shape index (κ1) is 12.3. The number of pyridine rings is 1. The van der Waals surface area contributed by atoms with Gasteiger partial charge in [0.2, 0.25) is 0 Å². The predicted molar refractivity (Wildman–Crippen MR) is 58.7 cm³/mol. The number of aromatic nitrogens is 1. The number of carbonyl (C=O) groups is 1. The summed E-state index contributed by atoms with van der Waals surface area (Å²) in [6.07, 6.45) is 2.71. The van der Waals surface area contributed by atoms with E-state index in [9.17, 15) is 18.0 Å². The molecule has 1 heterocycles. The maximum atomic E-state index is 13.4. The first-order valence-electron chi connectivity index (χ1n) is 5.10. The van der Waals surface area contributed by atoms with Crippen LogP contribution in [0.5, 0.6) is 0 Å². The molecule has 1 aromatic heterocycles. The van der Waals surface area contributed by atoms with Crippen molar-refractivity contribution in [1.29, 1.82) is 0 Å². The van der Waals surface area contributed by atoms with Crippen molar-refractivity contribution < 1.29 is 18.0 Å². The molecule has 2 aromatic rings. The zero-order chi connectivity index (χ0) is 13.3. The fourth-order valence-corrected chi connectivity index (χ4v) is 1.58. The monoisotopic (exact) mass is 251 g/mol. The molecule has 2 nitrogen and oxygen atoms in total. The van der Waals surface area contributed by atoms with Crippen molar-refractivity contribution in [3.8, 4) is 0 Å². The van der Waals surface area contributed by atoms with Crippen molar-refractivity contribution in [2.75, 3.05) is 0 Å². The van der Waals surface area contributed by atoms with E-state index < -0.39 is 28.8 Å². The molecule has 0 bridgehead atoms. The van der Waals surface area contributed by atoms with Gasteiger partial charge in [0.05, 0.1) is 5.56 Å². The van der Waals surface area contributed by atoms with E-state index in [-0.39, 0.29) is 5.56 Å². The SMILES string of the molecule is Cc1cncc(C(=O)c2c(F)cc(F)cc2F)c1. The number of rotatable bonds is 2. The van der Waals surface area contributed by atoms with Crippen LogP contribution in [-0.4, -0.2) is 10.8 Å². The lowest BCUT2D eigenvalue weighted by Gasteiger charge is -2.05. The van der Waals surface area contributed by atoms with Crippen molar-refractivity contribution in [2.45, 2.75) is 6.92 Å². The number of hydrogen-bond donors (Lipinski definition) is 0. The number of halogens is 3. The molecule has 0 aliphatic rings. The quantitative estimate of drug-likeness (QED) is 0.768. The van der Waals surface area contributed by atoms with Crippen LogP contribution in [0.1, 0.15) is 21.5 Å². The van der Waals surface area contributed by atoms with Crippen LogP contribution in [-0.2, 0) is 0 Å². The molecule has 0 radical (unpaired) electrons. The lowest BCUT2D eigenvalue weighted by Crippen LogP contribution is -2.08. The van der Waals surface area contributed by atoms with Gasteiger partial charge in [0.25, 0.3) is 0 Å². The third-order valence-electron chi connectivity index (χ3n) is 2.37. The highest BCUT2D eigenvalue weighted by atomic mass is 19.1. The number of nitrogens with zero attached hydrogens (tertiary/aromatic N) is 1. The molecule has 0 atom stereocenters. The fourth-order valence-electron chi connectivity index (χ4n) is 1.58. The molecular weight excluding hydrogens is 243 g/mol. The molecule has 92 valence electrons. The van der Waals surface area contributed by atoms with Crippen molar-refractivity contribution >= 4 is 5.78 Å². The van der Waals surface area contributed by atoms with Gasteiger partial charge in [-0.2, -0.15) is 0 Å². The molecule has 0 spiro atoms. The third kappa shape index (κ3) is 2.25. The lowest BCUT2D eigenvalue weighted by molar-refractivity contribution is 0.103. The number of ketones is 1. The van der Waals surface area contributed by atoms with Crippen molar-refractivity contribution in [2.24, 2.45) is 0 Å². The smallest absolute Gasteiger partial charge is 0.200 e. The highest BCUT2D eigenvalue weighted by molar-refractivity contribution is 6.09. The van der Waals surface area contributed by atoms with Gasteiger partial charge in [-0.3, -0.25) is 9.78 Å². The van der Waals surface area contributed by atoms with Gasteiger partial charge in [-0.25, -0.2) is 13.2 Å². The predicted octanol–water partition coefficient (Wildman–Crippen LogP) is 3.04. The lowest BCUT2D eigenvalue weighted by atomic mass is 10.0. The van der Waals surface area contributed by atoms with Gasteiger partial charge in [0.15, 0.2) is 5.78 Å². The molecule has 0 saturated carbocycles. The summed E-state index contributed by atoms with van der Waals surface area (Å²) in [6, 6.07) is 2.40. The van der Waals surface area contributed by atoms with Gasteiger partial charge in [-0.1, -0.05) is 0 Å². The fraction of sp³-hybridized carbons (Fsp3) is 0.0769. The Hall–Kier alpha value is -2.17. The summed E-state index contributed by atoms with van der Waals surface area (Å²) in [6.45, 7) is 1.70. The first-order valence-corrected chi connectivity index (χ1v) is 5.10. The normalized spacial score (nSPS) is 10.4. The van der Waals surface area contributed by atoms with Gasteiger partial charge >= 0.3 is 0 Å². The Bertz CT molecular complexity index is 602. The molecule has 0 N–H and O–H groups in total. The van der Waals surface area contributed by atoms with E-state index in [1.165, 1.54) is 18.5 Å². The summed E-state index contributed by atoms with van der Waals surface area (Å²) in [5.41, 5.74) is -0.0352. The minimum absolute atomic E-state index is 0.0550. The van der Waals surface area contributed by atoms with Gasteiger partial charge < -0.3 is 0 Å².